The summed E-state index contributed by atoms with van der Waals surface area (Å²) < 4.78 is 5.74. The van der Waals surface area contributed by atoms with Gasteiger partial charge in [0, 0.05) is 0 Å². The number of hydrogen-bond acceptors (Lipinski definition) is 2. The number of rotatable bonds is 3. The molecule has 1 aromatic rings. The molecule has 1 aromatic carbocycles. The van der Waals surface area contributed by atoms with Gasteiger partial charge in [-0.15, -0.1) is 0 Å². The van der Waals surface area contributed by atoms with Crippen molar-refractivity contribution >= 4 is 21.9 Å². The molecule has 0 aromatic heterocycles. The van der Waals surface area contributed by atoms with E-state index in [-0.39, 0.29) is 6.42 Å². The summed E-state index contributed by atoms with van der Waals surface area (Å²) in [5.41, 5.74) is 0.715. The predicted molar refractivity (Wildman–Crippen MR) is 52.0 cm³/mol. The Morgan fingerprint density at radius 1 is 1.62 bits per heavy atom. The van der Waals surface area contributed by atoms with Gasteiger partial charge < -0.3 is 9.84 Å². The van der Waals surface area contributed by atoms with Gasteiger partial charge in [0.15, 0.2) is 0 Å². The Labute approximate surface area is 84.5 Å². The van der Waals surface area contributed by atoms with Crippen molar-refractivity contribution in [2.45, 2.75) is 6.42 Å². The summed E-state index contributed by atoms with van der Waals surface area (Å²) in [4.78, 5) is 10.5. The third-order valence-corrected chi connectivity index (χ3v) is 2.50. The van der Waals surface area contributed by atoms with Gasteiger partial charge in [-0.3, -0.25) is 4.79 Å². The quantitative estimate of drug-likeness (QED) is 0.886. The van der Waals surface area contributed by atoms with E-state index in [0.29, 0.717) is 15.8 Å². The standard InChI is InChI=1S/C9H9BrO3/c1-13-7-4-2-3-6(9(7)10)5-8(11)12/h2-4H,5H2,1H3,(H,11,12). The van der Waals surface area contributed by atoms with Gasteiger partial charge in [-0.05, 0) is 27.6 Å². The minimum absolute atomic E-state index is 0.00220. The Kier molecular flexibility index (Phi) is 3.31. The van der Waals surface area contributed by atoms with Gasteiger partial charge in [-0.1, -0.05) is 12.1 Å². The highest BCUT2D eigenvalue weighted by atomic mass is 79.9. The molecule has 0 aliphatic carbocycles. The second-order valence-electron chi connectivity index (χ2n) is 2.50. The Balaban J connectivity index is 3.01. The van der Waals surface area contributed by atoms with E-state index in [9.17, 15) is 4.79 Å². The molecule has 0 radical (unpaired) electrons. The van der Waals surface area contributed by atoms with Gasteiger partial charge >= 0.3 is 5.97 Å². The first kappa shape index (κ1) is 10.1. The number of benzene rings is 1. The van der Waals surface area contributed by atoms with Gasteiger partial charge in [0.2, 0.25) is 0 Å². The highest BCUT2D eigenvalue weighted by Crippen LogP contribution is 2.28. The van der Waals surface area contributed by atoms with Crippen molar-refractivity contribution in [1.29, 1.82) is 0 Å². The van der Waals surface area contributed by atoms with Crippen LogP contribution in [-0.4, -0.2) is 18.2 Å². The molecular weight excluding hydrogens is 236 g/mol. The van der Waals surface area contributed by atoms with E-state index in [1.165, 1.54) is 0 Å². The molecule has 3 nitrogen and oxygen atoms in total. The molecule has 70 valence electrons. The van der Waals surface area contributed by atoms with Crippen LogP contribution in [0, 0.1) is 0 Å². The molecule has 0 aliphatic heterocycles. The smallest absolute Gasteiger partial charge is 0.307 e. The fraction of sp³-hybridized carbons (Fsp3) is 0.222. The summed E-state index contributed by atoms with van der Waals surface area (Å²) in [7, 11) is 1.55. The van der Waals surface area contributed by atoms with Gasteiger partial charge in [-0.25, -0.2) is 0 Å². The molecular formula is C9H9BrO3. The van der Waals surface area contributed by atoms with E-state index in [1.807, 2.05) is 0 Å². The maximum Gasteiger partial charge on any atom is 0.307 e. The number of carboxylic acid groups (broad SMARTS) is 1. The minimum Gasteiger partial charge on any atom is -0.496 e. The monoisotopic (exact) mass is 244 g/mol. The number of ether oxygens (including phenoxy) is 1. The second-order valence-corrected chi connectivity index (χ2v) is 3.30. The maximum atomic E-state index is 10.5. The summed E-state index contributed by atoms with van der Waals surface area (Å²) in [5, 5.41) is 8.59. The van der Waals surface area contributed by atoms with Crippen LogP contribution in [0.25, 0.3) is 0 Å². The van der Waals surface area contributed by atoms with E-state index >= 15 is 0 Å². The van der Waals surface area contributed by atoms with Crippen LogP contribution in [0.2, 0.25) is 0 Å². The van der Waals surface area contributed by atoms with Crippen molar-refractivity contribution in [3.8, 4) is 5.75 Å². The molecule has 1 N–H and O–H groups in total. The Bertz CT molecular complexity index is 323. The van der Waals surface area contributed by atoms with Crippen LogP contribution in [0.4, 0.5) is 0 Å². The molecule has 0 aliphatic rings. The summed E-state index contributed by atoms with van der Waals surface area (Å²) in [6, 6.07) is 5.29. The number of carboxylic acids is 1. The van der Waals surface area contributed by atoms with Gasteiger partial charge in [0.1, 0.15) is 5.75 Å². The fourth-order valence-corrected chi connectivity index (χ4v) is 1.58. The first-order valence-electron chi connectivity index (χ1n) is 3.68. The van der Waals surface area contributed by atoms with Gasteiger partial charge in [0.05, 0.1) is 18.0 Å². The fourth-order valence-electron chi connectivity index (χ4n) is 1.01. The maximum absolute atomic E-state index is 10.5. The van der Waals surface area contributed by atoms with Crippen molar-refractivity contribution in [1.82, 2.24) is 0 Å². The van der Waals surface area contributed by atoms with E-state index in [4.69, 9.17) is 9.84 Å². The molecule has 0 heterocycles. The van der Waals surface area contributed by atoms with Crippen molar-refractivity contribution < 1.29 is 14.6 Å². The number of carbonyl (C=O) groups is 1. The molecule has 0 spiro atoms. The van der Waals surface area contributed by atoms with E-state index in [1.54, 1.807) is 25.3 Å². The lowest BCUT2D eigenvalue weighted by molar-refractivity contribution is -0.136. The van der Waals surface area contributed by atoms with Crippen LogP contribution in [0.15, 0.2) is 22.7 Å². The van der Waals surface area contributed by atoms with Crippen LogP contribution >= 0.6 is 15.9 Å². The van der Waals surface area contributed by atoms with Crippen LogP contribution < -0.4 is 4.74 Å². The highest BCUT2D eigenvalue weighted by Gasteiger charge is 2.08. The molecule has 0 fully saturated rings. The predicted octanol–water partition coefficient (Wildman–Crippen LogP) is 2.08. The van der Waals surface area contributed by atoms with Crippen LogP contribution in [0.5, 0.6) is 5.75 Å². The normalized spacial score (nSPS) is 9.69. The number of aliphatic carboxylic acids is 1. The van der Waals surface area contributed by atoms with Gasteiger partial charge in [0.25, 0.3) is 0 Å². The van der Waals surface area contributed by atoms with Crippen LogP contribution in [-0.2, 0) is 11.2 Å². The Hall–Kier alpha value is -1.03. The lowest BCUT2D eigenvalue weighted by Gasteiger charge is -2.06. The first-order valence-corrected chi connectivity index (χ1v) is 4.47. The molecule has 0 atom stereocenters. The number of halogens is 1. The molecule has 0 unspecified atom stereocenters. The summed E-state index contributed by atoms with van der Waals surface area (Å²) in [5.74, 6) is -0.201. The van der Waals surface area contributed by atoms with Crippen molar-refractivity contribution in [2.75, 3.05) is 7.11 Å². The molecule has 13 heavy (non-hydrogen) atoms. The topological polar surface area (TPSA) is 46.5 Å². The molecule has 0 amide bonds. The zero-order valence-electron chi connectivity index (χ0n) is 7.08. The zero-order valence-corrected chi connectivity index (χ0v) is 8.67. The lowest BCUT2D eigenvalue weighted by Crippen LogP contribution is -2.01. The molecule has 4 heteroatoms. The summed E-state index contributed by atoms with van der Waals surface area (Å²) >= 11 is 3.28. The average molecular weight is 245 g/mol. The Morgan fingerprint density at radius 3 is 2.85 bits per heavy atom. The second kappa shape index (κ2) is 4.28. The van der Waals surface area contributed by atoms with Crippen LogP contribution in [0.3, 0.4) is 0 Å². The molecule has 0 bridgehead atoms. The lowest BCUT2D eigenvalue weighted by atomic mass is 10.1. The minimum atomic E-state index is -0.853. The van der Waals surface area contributed by atoms with E-state index in [0.717, 1.165) is 0 Å². The Morgan fingerprint density at radius 2 is 2.31 bits per heavy atom. The van der Waals surface area contributed by atoms with Gasteiger partial charge in [-0.2, -0.15) is 0 Å². The molecule has 1 rings (SSSR count). The number of hydrogen-bond donors (Lipinski definition) is 1. The largest absolute Gasteiger partial charge is 0.496 e. The molecule has 0 saturated heterocycles. The van der Waals surface area contributed by atoms with E-state index in [2.05, 4.69) is 15.9 Å². The SMILES string of the molecule is COc1cccc(CC(=O)O)c1Br. The third-order valence-electron chi connectivity index (χ3n) is 1.60. The number of methoxy groups -OCH3 is 1. The third kappa shape index (κ3) is 2.45. The van der Waals surface area contributed by atoms with E-state index < -0.39 is 5.97 Å². The van der Waals surface area contributed by atoms with Crippen molar-refractivity contribution in [3.63, 3.8) is 0 Å². The highest BCUT2D eigenvalue weighted by molar-refractivity contribution is 9.10. The zero-order chi connectivity index (χ0) is 9.84. The summed E-state index contributed by atoms with van der Waals surface area (Å²) in [6.07, 6.45) is -0.00220. The molecule has 0 saturated carbocycles. The summed E-state index contributed by atoms with van der Waals surface area (Å²) in [6.45, 7) is 0. The van der Waals surface area contributed by atoms with Crippen molar-refractivity contribution in [2.24, 2.45) is 0 Å². The van der Waals surface area contributed by atoms with Crippen LogP contribution in [0.1, 0.15) is 5.56 Å². The van der Waals surface area contributed by atoms with Crippen molar-refractivity contribution in [3.05, 3.63) is 28.2 Å². The first-order chi connectivity index (χ1) is 6.15. The average Bonchev–Trinajstić information content (AvgIpc) is 2.08.